The third-order valence-electron chi connectivity index (χ3n) is 0.156. The van der Waals surface area contributed by atoms with Gasteiger partial charge in [0.15, 0.2) is 0 Å². The standard InChI is InChI=1S/C2N2O2S.CH4/c5-1-3-7-4-2-6;/h;1H4. The molecular weight excluding hydrogens is 128 g/mol. The van der Waals surface area contributed by atoms with Crippen molar-refractivity contribution in [1.82, 2.24) is 0 Å². The topological polar surface area (TPSA) is 58.9 Å². The van der Waals surface area contributed by atoms with E-state index in [4.69, 9.17) is 0 Å². The van der Waals surface area contributed by atoms with Gasteiger partial charge in [-0.1, -0.05) is 7.43 Å². The first kappa shape index (κ1) is 10.2. The molecule has 0 aliphatic carbocycles. The Morgan fingerprint density at radius 2 is 1.50 bits per heavy atom. The van der Waals surface area contributed by atoms with Crippen LogP contribution in [-0.4, -0.2) is 12.2 Å². The molecule has 0 amide bonds. The summed E-state index contributed by atoms with van der Waals surface area (Å²) in [5.74, 6) is 0. The van der Waals surface area contributed by atoms with Gasteiger partial charge in [0.25, 0.3) is 0 Å². The van der Waals surface area contributed by atoms with Crippen molar-refractivity contribution in [3.8, 4) is 0 Å². The van der Waals surface area contributed by atoms with Crippen molar-refractivity contribution in [2.24, 2.45) is 8.80 Å². The van der Waals surface area contributed by atoms with Crippen LogP contribution in [0.1, 0.15) is 7.43 Å². The predicted molar refractivity (Wildman–Crippen MR) is 30.6 cm³/mol. The van der Waals surface area contributed by atoms with Crippen LogP contribution in [0.3, 0.4) is 0 Å². The zero-order chi connectivity index (χ0) is 5.54. The van der Waals surface area contributed by atoms with Crippen molar-refractivity contribution in [2.75, 3.05) is 0 Å². The second-order valence-electron chi connectivity index (χ2n) is 0.447. The van der Waals surface area contributed by atoms with Crippen molar-refractivity contribution in [2.45, 2.75) is 7.43 Å². The second kappa shape index (κ2) is 9.44. The van der Waals surface area contributed by atoms with E-state index in [0.717, 1.165) is 0 Å². The Labute approximate surface area is 51.0 Å². The number of hydrogen-bond acceptors (Lipinski definition) is 5. The Morgan fingerprint density at radius 1 is 1.12 bits per heavy atom. The summed E-state index contributed by atoms with van der Waals surface area (Å²) in [4.78, 5) is 18.4. The van der Waals surface area contributed by atoms with Crippen LogP contribution in [0.4, 0.5) is 0 Å². The van der Waals surface area contributed by atoms with E-state index in [1.165, 1.54) is 12.2 Å². The van der Waals surface area contributed by atoms with E-state index in [1.54, 1.807) is 0 Å². The molecule has 4 nitrogen and oxygen atoms in total. The Hall–Kier alpha value is -0.890. The van der Waals surface area contributed by atoms with Gasteiger partial charge in [0.05, 0.1) is 0 Å². The molecule has 0 rings (SSSR count). The smallest absolute Gasteiger partial charge is 0.210 e. The van der Waals surface area contributed by atoms with E-state index >= 15 is 0 Å². The molecule has 5 heteroatoms. The molecular formula is C3H4N2O2S. The summed E-state index contributed by atoms with van der Waals surface area (Å²) < 4.78 is 5.69. The largest absolute Gasteiger partial charge is 0.249 e. The highest BCUT2D eigenvalue weighted by Crippen LogP contribution is 1.96. The lowest BCUT2D eigenvalue weighted by atomic mass is 11.7. The quantitative estimate of drug-likeness (QED) is 0.318. The molecule has 0 aromatic heterocycles. The van der Waals surface area contributed by atoms with Crippen molar-refractivity contribution in [1.29, 1.82) is 0 Å². The fourth-order valence-electron chi connectivity index (χ4n) is 0.0537. The maximum Gasteiger partial charge on any atom is 0.249 e. The zero-order valence-corrected chi connectivity index (χ0v) is 3.94. The summed E-state index contributed by atoms with van der Waals surface area (Å²) in [6, 6.07) is 0. The Morgan fingerprint density at radius 3 is 1.75 bits per heavy atom. The molecule has 0 aliphatic heterocycles. The molecule has 0 atom stereocenters. The summed E-state index contributed by atoms with van der Waals surface area (Å²) in [6.45, 7) is 0. The van der Waals surface area contributed by atoms with Crippen molar-refractivity contribution in [3.63, 3.8) is 0 Å². The summed E-state index contributed by atoms with van der Waals surface area (Å²) in [5, 5.41) is 0. The fraction of sp³-hybridized carbons (Fsp3) is 0.333. The van der Waals surface area contributed by atoms with Crippen LogP contribution < -0.4 is 0 Å². The highest BCUT2D eigenvalue weighted by atomic mass is 32.2. The molecule has 0 saturated carbocycles. The Bertz CT molecular complexity index is 118. The van der Waals surface area contributed by atoms with Crippen LogP contribution in [0.15, 0.2) is 8.80 Å². The maximum atomic E-state index is 9.18. The van der Waals surface area contributed by atoms with E-state index < -0.39 is 0 Å². The SMILES string of the molecule is C.O=C=NSN=C=O. The minimum absolute atomic E-state index is 0. The number of hydrogen-bond donors (Lipinski definition) is 0. The van der Waals surface area contributed by atoms with Crippen LogP contribution in [-0.2, 0) is 9.59 Å². The summed E-state index contributed by atoms with van der Waals surface area (Å²) in [5.41, 5.74) is 0. The lowest BCUT2D eigenvalue weighted by Crippen LogP contribution is -1.43. The molecule has 0 aliphatic rings. The van der Waals surface area contributed by atoms with Gasteiger partial charge in [0, 0.05) is 0 Å². The molecule has 0 unspecified atom stereocenters. The van der Waals surface area contributed by atoms with Crippen LogP contribution in [0.25, 0.3) is 0 Å². The van der Waals surface area contributed by atoms with Gasteiger partial charge in [0.1, 0.15) is 12.1 Å². The fourth-order valence-corrected chi connectivity index (χ4v) is 0.161. The van der Waals surface area contributed by atoms with Gasteiger partial charge in [0.2, 0.25) is 12.2 Å². The van der Waals surface area contributed by atoms with Crippen molar-refractivity contribution < 1.29 is 9.59 Å². The van der Waals surface area contributed by atoms with Gasteiger partial charge in [-0.15, -0.1) is 8.80 Å². The molecule has 0 heterocycles. The highest BCUT2D eigenvalue weighted by Gasteiger charge is 1.66. The van der Waals surface area contributed by atoms with Crippen LogP contribution in [0.2, 0.25) is 0 Å². The van der Waals surface area contributed by atoms with Gasteiger partial charge >= 0.3 is 0 Å². The third kappa shape index (κ3) is 8.92. The first-order valence-corrected chi connectivity index (χ1v) is 1.95. The summed E-state index contributed by atoms with van der Waals surface area (Å²) >= 11 is 0.456. The van der Waals surface area contributed by atoms with Gasteiger partial charge in [-0.05, 0) is 0 Å². The number of isocyanates is 2. The van der Waals surface area contributed by atoms with E-state index in [0.29, 0.717) is 12.1 Å². The molecule has 44 valence electrons. The molecule has 0 fully saturated rings. The number of rotatable bonds is 2. The molecule has 0 radical (unpaired) electrons. The van der Waals surface area contributed by atoms with E-state index in [-0.39, 0.29) is 7.43 Å². The highest BCUT2D eigenvalue weighted by molar-refractivity contribution is 7.96. The summed E-state index contributed by atoms with van der Waals surface area (Å²) in [6.07, 6.45) is 2.34. The van der Waals surface area contributed by atoms with Gasteiger partial charge < -0.3 is 0 Å². The molecule has 0 aromatic rings. The lowest BCUT2D eigenvalue weighted by molar-refractivity contribution is 0.566. The average molecular weight is 132 g/mol. The van der Waals surface area contributed by atoms with E-state index in [1.807, 2.05) is 0 Å². The first-order chi connectivity index (χ1) is 3.41. The molecule has 0 spiro atoms. The summed E-state index contributed by atoms with van der Waals surface area (Å²) in [7, 11) is 0. The van der Waals surface area contributed by atoms with E-state index in [9.17, 15) is 9.59 Å². The van der Waals surface area contributed by atoms with Crippen molar-refractivity contribution >= 4 is 24.3 Å². The normalized spacial score (nSPS) is 5.00. The molecule has 0 N–H and O–H groups in total. The number of carbonyl (C=O) groups excluding carboxylic acids is 2. The van der Waals surface area contributed by atoms with Gasteiger partial charge in [-0.25, -0.2) is 9.59 Å². The van der Waals surface area contributed by atoms with Gasteiger partial charge in [-0.3, -0.25) is 0 Å². The third-order valence-corrected chi connectivity index (χ3v) is 0.469. The molecule has 0 saturated heterocycles. The minimum atomic E-state index is 0. The van der Waals surface area contributed by atoms with E-state index in [2.05, 4.69) is 8.80 Å². The Kier molecular flexibility index (Phi) is 12.0. The maximum absolute atomic E-state index is 9.18. The Balaban J connectivity index is 0. The minimum Gasteiger partial charge on any atom is -0.210 e. The molecule has 0 aromatic carbocycles. The van der Waals surface area contributed by atoms with Gasteiger partial charge in [-0.2, -0.15) is 0 Å². The monoisotopic (exact) mass is 132 g/mol. The zero-order valence-electron chi connectivity index (χ0n) is 3.12. The molecule has 8 heavy (non-hydrogen) atoms. The average Bonchev–Trinajstić information content (AvgIpc) is 1.69. The van der Waals surface area contributed by atoms with Crippen LogP contribution >= 0.6 is 12.1 Å². The number of nitrogens with zero attached hydrogens (tertiary/aromatic N) is 2. The van der Waals surface area contributed by atoms with Crippen LogP contribution in [0.5, 0.6) is 0 Å². The first-order valence-electron chi connectivity index (χ1n) is 1.22. The second-order valence-corrected chi connectivity index (χ2v) is 0.975. The van der Waals surface area contributed by atoms with Crippen LogP contribution in [0, 0.1) is 0 Å². The molecule has 0 bridgehead atoms. The predicted octanol–water partition coefficient (Wildman–Crippen LogP) is 0.857. The lowest BCUT2D eigenvalue weighted by Gasteiger charge is -1.60. The van der Waals surface area contributed by atoms with Crippen molar-refractivity contribution in [3.05, 3.63) is 0 Å².